The molecule has 0 saturated heterocycles. The van der Waals surface area contributed by atoms with Crippen molar-refractivity contribution >= 4 is 17.5 Å². The number of hydrogen-bond donors (Lipinski definition) is 1. The molecule has 0 aliphatic carbocycles. The number of halogens is 3. The van der Waals surface area contributed by atoms with Crippen molar-refractivity contribution in [3.63, 3.8) is 0 Å². The van der Waals surface area contributed by atoms with E-state index in [1.54, 1.807) is 0 Å². The van der Waals surface area contributed by atoms with Gasteiger partial charge in [0.25, 0.3) is 0 Å². The minimum absolute atomic E-state index is 0.0997. The molecule has 26 heavy (non-hydrogen) atoms. The van der Waals surface area contributed by atoms with Gasteiger partial charge in [0.05, 0.1) is 11.7 Å². The van der Waals surface area contributed by atoms with Crippen LogP contribution in [0.3, 0.4) is 0 Å². The largest absolute Gasteiger partial charge is 0.336 e. The normalized spacial score (nSPS) is 11.7. The van der Waals surface area contributed by atoms with Gasteiger partial charge in [-0.15, -0.1) is 0 Å². The number of benzene rings is 2. The van der Waals surface area contributed by atoms with E-state index in [4.69, 9.17) is 0 Å². The Bertz CT molecular complexity index is 797. The van der Waals surface area contributed by atoms with E-state index in [-0.39, 0.29) is 24.9 Å². The molecule has 0 heterocycles. The van der Waals surface area contributed by atoms with Gasteiger partial charge in [0.15, 0.2) is 17.5 Å². The molecule has 138 valence electrons. The van der Waals surface area contributed by atoms with Gasteiger partial charge in [-0.1, -0.05) is 30.3 Å². The Labute approximate surface area is 149 Å². The van der Waals surface area contributed by atoms with Crippen LogP contribution in [0.4, 0.5) is 18.9 Å². The Balaban J connectivity index is 2.02. The summed E-state index contributed by atoms with van der Waals surface area (Å²) in [6, 6.07) is 10.7. The van der Waals surface area contributed by atoms with Crippen LogP contribution in [0.25, 0.3) is 0 Å². The summed E-state index contributed by atoms with van der Waals surface area (Å²) in [5.74, 6) is -5.26. The second-order valence-electron chi connectivity index (χ2n) is 5.82. The molecule has 0 radical (unpaired) electrons. The Kier molecular flexibility index (Phi) is 6.38. The summed E-state index contributed by atoms with van der Waals surface area (Å²) < 4.78 is 39.7. The standard InChI is InChI=1S/C19H19F3N2O2/c1-12(14-6-4-3-5-7-14)24(13(2)25)11-10-17(26)23-16-9-8-15(20)18(21)19(16)22/h3-9,12H,10-11H2,1-2H3,(H,23,26). The van der Waals surface area contributed by atoms with Crippen LogP contribution in [-0.4, -0.2) is 23.3 Å². The molecule has 2 aromatic rings. The number of rotatable bonds is 6. The minimum Gasteiger partial charge on any atom is -0.336 e. The number of nitrogens with one attached hydrogen (secondary N) is 1. The van der Waals surface area contributed by atoms with Crippen molar-refractivity contribution in [1.29, 1.82) is 0 Å². The van der Waals surface area contributed by atoms with Crippen LogP contribution >= 0.6 is 0 Å². The molecule has 2 rings (SSSR count). The van der Waals surface area contributed by atoms with E-state index in [0.29, 0.717) is 0 Å². The molecule has 2 aromatic carbocycles. The molecule has 1 N–H and O–H groups in total. The van der Waals surface area contributed by atoms with Gasteiger partial charge in [-0.2, -0.15) is 0 Å². The van der Waals surface area contributed by atoms with Crippen molar-refractivity contribution in [2.45, 2.75) is 26.3 Å². The molecule has 0 spiro atoms. The zero-order chi connectivity index (χ0) is 19.3. The summed E-state index contributed by atoms with van der Waals surface area (Å²) in [6.07, 6.45) is -0.116. The zero-order valence-corrected chi connectivity index (χ0v) is 14.4. The lowest BCUT2D eigenvalue weighted by atomic mass is 10.1. The first kappa shape index (κ1) is 19.5. The van der Waals surface area contributed by atoms with Crippen molar-refractivity contribution in [3.8, 4) is 0 Å². The second kappa shape index (κ2) is 8.51. The zero-order valence-electron chi connectivity index (χ0n) is 14.4. The molecule has 0 saturated carbocycles. The van der Waals surface area contributed by atoms with E-state index in [0.717, 1.165) is 17.7 Å². The van der Waals surface area contributed by atoms with Gasteiger partial charge < -0.3 is 10.2 Å². The van der Waals surface area contributed by atoms with Crippen LogP contribution in [0.2, 0.25) is 0 Å². The number of amides is 2. The lowest BCUT2D eigenvalue weighted by molar-refractivity contribution is -0.131. The van der Waals surface area contributed by atoms with Crippen LogP contribution < -0.4 is 5.32 Å². The summed E-state index contributed by atoms with van der Waals surface area (Å²) in [6.45, 7) is 3.33. The maximum atomic E-state index is 13.6. The van der Waals surface area contributed by atoms with Crippen molar-refractivity contribution < 1.29 is 22.8 Å². The van der Waals surface area contributed by atoms with Crippen molar-refractivity contribution in [2.24, 2.45) is 0 Å². The van der Waals surface area contributed by atoms with Gasteiger partial charge in [0, 0.05) is 19.9 Å². The molecular formula is C19H19F3N2O2. The molecule has 4 nitrogen and oxygen atoms in total. The quantitative estimate of drug-likeness (QED) is 0.787. The minimum atomic E-state index is -1.65. The lowest BCUT2D eigenvalue weighted by Gasteiger charge is -2.28. The smallest absolute Gasteiger partial charge is 0.226 e. The highest BCUT2D eigenvalue weighted by molar-refractivity contribution is 5.91. The molecule has 7 heteroatoms. The summed E-state index contributed by atoms with van der Waals surface area (Å²) in [5, 5.41) is 2.19. The van der Waals surface area contributed by atoms with Gasteiger partial charge in [0.2, 0.25) is 11.8 Å². The Morgan fingerprint density at radius 2 is 1.69 bits per heavy atom. The molecule has 0 fully saturated rings. The number of hydrogen-bond acceptors (Lipinski definition) is 2. The number of carbonyl (C=O) groups excluding carboxylic acids is 2. The van der Waals surface area contributed by atoms with Crippen molar-refractivity contribution in [3.05, 3.63) is 65.5 Å². The third-order valence-corrected chi connectivity index (χ3v) is 4.04. The maximum Gasteiger partial charge on any atom is 0.226 e. The van der Waals surface area contributed by atoms with Crippen LogP contribution in [0.1, 0.15) is 31.9 Å². The van der Waals surface area contributed by atoms with Crippen molar-refractivity contribution in [1.82, 2.24) is 4.90 Å². The highest BCUT2D eigenvalue weighted by atomic mass is 19.2. The Morgan fingerprint density at radius 3 is 2.31 bits per heavy atom. The molecule has 0 bridgehead atoms. The van der Waals surface area contributed by atoms with E-state index in [9.17, 15) is 22.8 Å². The van der Waals surface area contributed by atoms with E-state index in [2.05, 4.69) is 5.32 Å². The Hall–Kier alpha value is -2.83. The van der Waals surface area contributed by atoms with Crippen molar-refractivity contribution in [2.75, 3.05) is 11.9 Å². The van der Waals surface area contributed by atoms with Crippen LogP contribution in [0.15, 0.2) is 42.5 Å². The molecular weight excluding hydrogens is 345 g/mol. The third-order valence-electron chi connectivity index (χ3n) is 4.04. The first-order valence-corrected chi connectivity index (χ1v) is 8.06. The maximum absolute atomic E-state index is 13.6. The fourth-order valence-electron chi connectivity index (χ4n) is 2.59. The SMILES string of the molecule is CC(=O)N(CCC(=O)Nc1ccc(F)c(F)c1F)C(C)c1ccccc1. The topological polar surface area (TPSA) is 49.4 Å². The highest BCUT2D eigenvalue weighted by Gasteiger charge is 2.20. The van der Waals surface area contributed by atoms with Gasteiger partial charge in [0.1, 0.15) is 0 Å². The van der Waals surface area contributed by atoms with E-state index >= 15 is 0 Å². The van der Waals surface area contributed by atoms with Crippen LogP contribution in [0, 0.1) is 17.5 Å². The monoisotopic (exact) mass is 364 g/mol. The number of nitrogens with zero attached hydrogens (tertiary/aromatic N) is 1. The average Bonchev–Trinajstić information content (AvgIpc) is 2.62. The summed E-state index contributed by atoms with van der Waals surface area (Å²) >= 11 is 0. The van der Waals surface area contributed by atoms with Gasteiger partial charge in [-0.25, -0.2) is 13.2 Å². The highest BCUT2D eigenvalue weighted by Crippen LogP contribution is 2.22. The molecule has 0 aromatic heterocycles. The number of anilines is 1. The molecule has 0 aliphatic rings. The fourth-order valence-corrected chi connectivity index (χ4v) is 2.59. The van der Waals surface area contributed by atoms with Gasteiger partial charge >= 0.3 is 0 Å². The summed E-state index contributed by atoms with van der Waals surface area (Å²) in [5.41, 5.74) is 0.467. The average molecular weight is 364 g/mol. The second-order valence-corrected chi connectivity index (χ2v) is 5.82. The first-order valence-electron chi connectivity index (χ1n) is 8.06. The molecule has 1 atom stereocenters. The lowest BCUT2D eigenvalue weighted by Crippen LogP contribution is -2.34. The van der Waals surface area contributed by atoms with Gasteiger partial charge in [-0.3, -0.25) is 9.59 Å². The van der Waals surface area contributed by atoms with E-state index in [1.807, 2.05) is 37.3 Å². The predicted molar refractivity (Wildman–Crippen MR) is 91.8 cm³/mol. The van der Waals surface area contributed by atoms with Gasteiger partial charge in [-0.05, 0) is 24.6 Å². The summed E-state index contributed by atoms with van der Waals surface area (Å²) in [7, 11) is 0. The third kappa shape index (κ3) is 4.62. The summed E-state index contributed by atoms with van der Waals surface area (Å²) in [4.78, 5) is 25.4. The first-order chi connectivity index (χ1) is 12.3. The van der Waals surface area contributed by atoms with E-state index < -0.39 is 29.0 Å². The van der Waals surface area contributed by atoms with Crippen LogP contribution in [0.5, 0.6) is 0 Å². The molecule has 2 amide bonds. The van der Waals surface area contributed by atoms with Crippen LogP contribution in [-0.2, 0) is 9.59 Å². The van der Waals surface area contributed by atoms with E-state index in [1.165, 1.54) is 11.8 Å². The Morgan fingerprint density at radius 1 is 1.04 bits per heavy atom. The number of carbonyl (C=O) groups is 2. The molecule has 0 aliphatic heterocycles. The predicted octanol–water partition coefficient (Wildman–Crippen LogP) is 4.04. The molecule has 1 unspecified atom stereocenters. The fraction of sp³-hybridized carbons (Fsp3) is 0.263.